The lowest BCUT2D eigenvalue weighted by Gasteiger charge is -2.24. The fraction of sp³-hybridized carbons (Fsp3) is 0.429. The largest absolute Gasteiger partial charge is 0.493 e. The van der Waals surface area contributed by atoms with Gasteiger partial charge >= 0.3 is 0 Å². The second-order valence-electron chi connectivity index (χ2n) is 4.78. The first kappa shape index (κ1) is 14.2. The molecule has 1 aromatic carbocycles. The van der Waals surface area contributed by atoms with Gasteiger partial charge in [-0.15, -0.1) is 0 Å². The third-order valence-electron chi connectivity index (χ3n) is 3.70. The van der Waals surface area contributed by atoms with E-state index in [9.17, 15) is 9.59 Å². The van der Waals surface area contributed by atoms with Crippen LogP contribution in [0.2, 0.25) is 0 Å². The second-order valence-corrected chi connectivity index (χ2v) is 4.78. The number of hydrogen-bond donors (Lipinski definition) is 1. The Kier molecular flexibility index (Phi) is 3.83. The Labute approximate surface area is 117 Å². The van der Waals surface area contributed by atoms with Crippen molar-refractivity contribution in [2.24, 2.45) is 11.7 Å². The third kappa shape index (κ3) is 2.29. The average Bonchev–Trinajstić information content (AvgIpc) is 2.74. The topological polar surface area (TPSA) is 81.9 Å². The van der Waals surface area contributed by atoms with Crippen LogP contribution in [-0.2, 0) is 9.59 Å². The summed E-state index contributed by atoms with van der Waals surface area (Å²) >= 11 is 0. The molecule has 1 fully saturated rings. The zero-order valence-electron chi connectivity index (χ0n) is 11.8. The molecule has 6 heteroatoms. The normalized spacial score (nSPS) is 21.9. The maximum atomic E-state index is 11.8. The van der Waals surface area contributed by atoms with E-state index in [2.05, 4.69) is 0 Å². The summed E-state index contributed by atoms with van der Waals surface area (Å²) in [7, 11) is 4.76. The molecular weight excluding hydrogens is 260 g/mol. The van der Waals surface area contributed by atoms with Crippen LogP contribution in [0.5, 0.6) is 11.5 Å². The number of primary amides is 1. The SMILES string of the molecule is COc1ccc(C2C(C(N)=O)CC(=O)N2C)cc1OC. The van der Waals surface area contributed by atoms with Crippen molar-refractivity contribution in [3.05, 3.63) is 23.8 Å². The number of methoxy groups -OCH3 is 2. The molecule has 20 heavy (non-hydrogen) atoms. The molecule has 0 aliphatic carbocycles. The van der Waals surface area contributed by atoms with Crippen molar-refractivity contribution in [3.63, 3.8) is 0 Å². The van der Waals surface area contributed by atoms with Gasteiger partial charge in [0.05, 0.1) is 26.2 Å². The number of likely N-dealkylation sites (tertiary alicyclic amines) is 1. The molecule has 0 bridgehead atoms. The lowest BCUT2D eigenvalue weighted by molar-refractivity contribution is -0.128. The second kappa shape index (κ2) is 5.40. The van der Waals surface area contributed by atoms with Crippen molar-refractivity contribution in [2.75, 3.05) is 21.3 Å². The smallest absolute Gasteiger partial charge is 0.223 e. The monoisotopic (exact) mass is 278 g/mol. The van der Waals surface area contributed by atoms with E-state index < -0.39 is 11.8 Å². The minimum absolute atomic E-state index is 0.0893. The molecule has 2 N–H and O–H groups in total. The molecule has 1 aliphatic rings. The summed E-state index contributed by atoms with van der Waals surface area (Å²) in [4.78, 5) is 24.9. The van der Waals surface area contributed by atoms with E-state index in [4.69, 9.17) is 15.2 Å². The van der Waals surface area contributed by atoms with Crippen LogP contribution in [0.25, 0.3) is 0 Å². The molecule has 2 rings (SSSR count). The standard InChI is InChI=1S/C14H18N2O4/c1-16-12(17)7-9(14(15)18)13(16)8-4-5-10(19-2)11(6-8)20-3/h4-6,9,13H,7H2,1-3H3,(H2,15,18). The van der Waals surface area contributed by atoms with E-state index in [0.717, 1.165) is 5.56 Å². The predicted molar refractivity (Wildman–Crippen MR) is 72.4 cm³/mol. The van der Waals surface area contributed by atoms with Crippen LogP contribution < -0.4 is 15.2 Å². The fourth-order valence-corrected chi connectivity index (χ4v) is 2.62. The van der Waals surface area contributed by atoms with Gasteiger partial charge in [0, 0.05) is 13.5 Å². The van der Waals surface area contributed by atoms with Crippen molar-refractivity contribution in [1.29, 1.82) is 0 Å². The number of carbonyl (C=O) groups is 2. The Morgan fingerprint density at radius 2 is 1.95 bits per heavy atom. The average molecular weight is 278 g/mol. The molecule has 0 aromatic heterocycles. The van der Waals surface area contributed by atoms with Gasteiger partial charge in [-0.1, -0.05) is 6.07 Å². The molecule has 1 aromatic rings. The summed E-state index contributed by atoms with van der Waals surface area (Å²) in [6, 6.07) is 4.98. The van der Waals surface area contributed by atoms with Crippen molar-refractivity contribution < 1.29 is 19.1 Å². The van der Waals surface area contributed by atoms with Gasteiger partial charge in [0.25, 0.3) is 0 Å². The molecule has 1 saturated heterocycles. The van der Waals surface area contributed by atoms with Crippen LogP contribution in [0.15, 0.2) is 18.2 Å². The van der Waals surface area contributed by atoms with Gasteiger partial charge in [-0.3, -0.25) is 9.59 Å². The molecule has 6 nitrogen and oxygen atoms in total. The van der Waals surface area contributed by atoms with Crippen LogP contribution in [-0.4, -0.2) is 38.0 Å². The molecule has 108 valence electrons. The minimum Gasteiger partial charge on any atom is -0.493 e. The van der Waals surface area contributed by atoms with Gasteiger partial charge in [-0.05, 0) is 17.7 Å². The van der Waals surface area contributed by atoms with Crippen LogP contribution in [0.4, 0.5) is 0 Å². The number of amides is 2. The Morgan fingerprint density at radius 3 is 2.50 bits per heavy atom. The van der Waals surface area contributed by atoms with Gasteiger partial charge < -0.3 is 20.1 Å². The van der Waals surface area contributed by atoms with Crippen LogP contribution in [0.1, 0.15) is 18.0 Å². The first-order valence-corrected chi connectivity index (χ1v) is 6.26. The molecule has 2 atom stereocenters. The number of nitrogens with zero attached hydrogens (tertiary/aromatic N) is 1. The zero-order chi connectivity index (χ0) is 14.9. The van der Waals surface area contributed by atoms with E-state index in [1.807, 2.05) is 6.07 Å². The molecular formula is C14H18N2O4. The predicted octanol–water partition coefficient (Wildman–Crippen LogP) is 0.708. The lowest BCUT2D eigenvalue weighted by Crippen LogP contribution is -2.30. The zero-order valence-corrected chi connectivity index (χ0v) is 11.8. The van der Waals surface area contributed by atoms with E-state index in [0.29, 0.717) is 11.5 Å². The summed E-state index contributed by atoms with van der Waals surface area (Å²) in [5.41, 5.74) is 6.21. The van der Waals surface area contributed by atoms with Crippen LogP contribution >= 0.6 is 0 Å². The lowest BCUT2D eigenvalue weighted by atomic mass is 9.93. The maximum Gasteiger partial charge on any atom is 0.223 e. The van der Waals surface area contributed by atoms with E-state index in [1.165, 1.54) is 7.11 Å². The highest BCUT2D eigenvalue weighted by Crippen LogP contribution is 2.39. The van der Waals surface area contributed by atoms with Crippen LogP contribution in [0, 0.1) is 5.92 Å². The van der Waals surface area contributed by atoms with E-state index in [1.54, 1.807) is 31.2 Å². The maximum absolute atomic E-state index is 11.8. The Bertz CT molecular complexity index is 544. The molecule has 0 spiro atoms. The molecule has 2 unspecified atom stereocenters. The van der Waals surface area contributed by atoms with Gasteiger partial charge in [-0.2, -0.15) is 0 Å². The van der Waals surface area contributed by atoms with Gasteiger partial charge in [0.2, 0.25) is 11.8 Å². The van der Waals surface area contributed by atoms with E-state index >= 15 is 0 Å². The Morgan fingerprint density at radius 1 is 1.30 bits per heavy atom. The number of nitrogens with two attached hydrogens (primary N) is 1. The summed E-state index contributed by atoms with van der Waals surface area (Å²) in [6.07, 6.45) is 0.144. The Balaban J connectivity index is 2.43. The molecule has 1 aliphatic heterocycles. The summed E-state index contributed by atoms with van der Waals surface area (Å²) in [5.74, 6) is 0.0708. The Hall–Kier alpha value is -2.24. The number of ether oxygens (including phenoxy) is 2. The van der Waals surface area contributed by atoms with Crippen molar-refractivity contribution in [1.82, 2.24) is 4.90 Å². The summed E-state index contributed by atoms with van der Waals surface area (Å²) in [6.45, 7) is 0. The van der Waals surface area contributed by atoms with Gasteiger partial charge in [0.1, 0.15) is 0 Å². The summed E-state index contributed by atoms with van der Waals surface area (Å²) in [5, 5.41) is 0. The number of carbonyl (C=O) groups excluding carboxylic acids is 2. The number of benzene rings is 1. The first-order chi connectivity index (χ1) is 9.49. The van der Waals surface area contributed by atoms with Crippen LogP contribution in [0.3, 0.4) is 0 Å². The summed E-state index contributed by atoms with van der Waals surface area (Å²) < 4.78 is 10.4. The quantitative estimate of drug-likeness (QED) is 0.879. The molecule has 0 saturated carbocycles. The number of hydrogen-bond acceptors (Lipinski definition) is 4. The van der Waals surface area contributed by atoms with E-state index in [-0.39, 0.29) is 18.4 Å². The third-order valence-corrected chi connectivity index (χ3v) is 3.70. The highest BCUT2D eigenvalue weighted by atomic mass is 16.5. The van der Waals surface area contributed by atoms with Crippen molar-refractivity contribution in [2.45, 2.75) is 12.5 Å². The molecule has 2 amide bonds. The van der Waals surface area contributed by atoms with Gasteiger partial charge in [0.15, 0.2) is 11.5 Å². The minimum atomic E-state index is -0.523. The highest BCUT2D eigenvalue weighted by Gasteiger charge is 2.41. The van der Waals surface area contributed by atoms with Crippen molar-refractivity contribution in [3.8, 4) is 11.5 Å². The van der Waals surface area contributed by atoms with Gasteiger partial charge in [-0.25, -0.2) is 0 Å². The first-order valence-electron chi connectivity index (χ1n) is 6.26. The fourth-order valence-electron chi connectivity index (χ4n) is 2.62. The molecule has 0 radical (unpaired) electrons. The number of rotatable bonds is 4. The molecule has 1 heterocycles. The van der Waals surface area contributed by atoms with Crippen molar-refractivity contribution >= 4 is 11.8 Å². The highest BCUT2D eigenvalue weighted by molar-refractivity contribution is 5.89.